The third kappa shape index (κ3) is 4.10. The Bertz CT molecular complexity index is 845. The summed E-state index contributed by atoms with van der Waals surface area (Å²) in [5.41, 5.74) is 0.346. The first-order valence-corrected chi connectivity index (χ1v) is 10.0. The van der Waals surface area contributed by atoms with Crippen LogP contribution in [0.3, 0.4) is 0 Å². The third-order valence-electron chi connectivity index (χ3n) is 4.46. The molecule has 0 aliphatic carbocycles. The van der Waals surface area contributed by atoms with E-state index in [9.17, 15) is 13.2 Å². The summed E-state index contributed by atoms with van der Waals surface area (Å²) in [4.78, 5) is 18.2. The van der Waals surface area contributed by atoms with Crippen LogP contribution in [0, 0.1) is 0 Å². The van der Waals surface area contributed by atoms with Crippen molar-refractivity contribution >= 4 is 15.9 Å². The Balaban J connectivity index is 1.72. The molecule has 3 rings (SSSR count). The molecule has 8 nitrogen and oxygen atoms in total. The molecular weight excluding hydrogens is 356 g/mol. The van der Waals surface area contributed by atoms with Crippen LogP contribution in [-0.2, 0) is 16.4 Å². The third-order valence-corrected chi connectivity index (χ3v) is 6.35. The van der Waals surface area contributed by atoms with E-state index in [-0.39, 0.29) is 10.8 Å². The van der Waals surface area contributed by atoms with Gasteiger partial charge >= 0.3 is 0 Å². The van der Waals surface area contributed by atoms with Gasteiger partial charge in [-0.2, -0.15) is 9.29 Å². The van der Waals surface area contributed by atoms with Crippen LogP contribution in [0.5, 0.6) is 0 Å². The van der Waals surface area contributed by atoms with E-state index in [0.29, 0.717) is 37.4 Å². The van der Waals surface area contributed by atoms with E-state index in [1.807, 2.05) is 0 Å². The van der Waals surface area contributed by atoms with Gasteiger partial charge in [-0.15, -0.1) is 0 Å². The number of carbonyl (C=O) groups excluding carboxylic acids is 1. The lowest BCUT2D eigenvalue weighted by molar-refractivity contribution is 0.0795. The number of hydrogen-bond donors (Lipinski definition) is 0. The smallest absolute Gasteiger partial charge is 0.253 e. The molecule has 1 saturated heterocycles. The SMILES string of the molecule is CN(CCc1ncon1)C(=O)c1cccc(S(=O)(=O)N2CCCCC2)c1. The molecule has 26 heavy (non-hydrogen) atoms. The standard InChI is InChI=1S/C17H22N4O4S/c1-20(11-8-16-18-13-25-19-16)17(22)14-6-5-7-15(12-14)26(23,24)21-9-3-2-4-10-21/h5-7,12-13H,2-4,8-11H2,1H3. The van der Waals surface area contributed by atoms with Crippen LogP contribution in [0.15, 0.2) is 40.1 Å². The maximum atomic E-state index is 12.8. The fourth-order valence-corrected chi connectivity index (χ4v) is 4.50. The van der Waals surface area contributed by atoms with E-state index < -0.39 is 10.0 Å². The number of likely N-dealkylation sites (N-methyl/N-ethyl adjacent to an activating group) is 1. The molecule has 1 amide bonds. The lowest BCUT2D eigenvalue weighted by Gasteiger charge is -2.26. The summed E-state index contributed by atoms with van der Waals surface area (Å²) in [6.45, 7) is 1.47. The molecule has 1 aromatic heterocycles. The minimum absolute atomic E-state index is 0.164. The fraction of sp³-hybridized carbons (Fsp3) is 0.471. The summed E-state index contributed by atoms with van der Waals surface area (Å²) in [5, 5.41) is 3.71. The lowest BCUT2D eigenvalue weighted by atomic mass is 10.2. The molecule has 2 aromatic rings. The van der Waals surface area contributed by atoms with E-state index in [2.05, 4.69) is 14.7 Å². The summed E-state index contributed by atoms with van der Waals surface area (Å²) in [7, 11) is -1.90. The highest BCUT2D eigenvalue weighted by Crippen LogP contribution is 2.21. The van der Waals surface area contributed by atoms with Crippen LogP contribution in [0.2, 0.25) is 0 Å². The van der Waals surface area contributed by atoms with Crippen LogP contribution < -0.4 is 0 Å². The summed E-state index contributed by atoms with van der Waals surface area (Å²) in [6.07, 6.45) is 4.50. The number of piperidine rings is 1. The van der Waals surface area contributed by atoms with Crippen molar-refractivity contribution in [3.05, 3.63) is 42.0 Å². The van der Waals surface area contributed by atoms with E-state index in [1.54, 1.807) is 25.2 Å². The number of benzene rings is 1. The first-order chi connectivity index (χ1) is 12.5. The van der Waals surface area contributed by atoms with Gasteiger partial charge in [0.05, 0.1) is 4.90 Å². The Morgan fingerprint density at radius 3 is 2.73 bits per heavy atom. The summed E-state index contributed by atoms with van der Waals surface area (Å²) in [6, 6.07) is 6.23. The number of amides is 1. The first-order valence-electron chi connectivity index (χ1n) is 8.59. The maximum absolute atomic E-state index is 12.8. The summed E-state index contributed by atoms with van der Waals surface area (Å²) < 4.78 is 31.7. The van der Waals surface area contributed by atoms with Crippen molar-refractivity contribution in [2.45, 2.75) is 30.6 Å². The number of rotatable bonds is 6. The van der Waals surface area contributed by atoms with Crippen molar-refractivity contribution in [2.24, 2.45) is 0 Å². The zero-order valence-corrected chi connectivity index (χ0v) is 15.5. The van der Waals surface area contributed by atoms with Crippen LogP contribution >= 0.6 is 0 Å². The van der Waals surface area contributed by atoms with Crippen molar-refractivity contribution < 1.29 is 17.7 Å². The first kappa shape index (κ1) is 18.5. The van der Waals surface area contributed by atoms with Crippen LogP contribution in [0.4, 0.5) is 0 Å². The monoisotopic (exact) mass is 378 g/mol. The largest absolute Gasteiger partial charge is 0.343 e. The molecule has 0 N–H and O–H groups in total. The molecule has 0 radical (unpaired) electrons. The van der Waals surface area contributed by atoms with Crippen molar-refractivity contribution in [3.63, 3.8) is 0 Å². The van der Waals surface area contributed by atoms with Gasteiger partial charge in [0.1, 0.15) is 0 Å². The van der Waals surface area contributed by atoms with Gasteiger partial charge in [0.25, 0.3) is 5.91 Å². The molecule has 0 unspecified atom stereocenters. The topological polar surface area (TPSA) is 96.6 Å². The molecule has 0 saturated carbocycles. The normalized spacial score (nSPS) is 15.7. The second kappa shape index (κ2) is 7.96. The highest BCUT2D eigenvalue weighted by Gasteiger charge is 2.26. The lowest BCUT2D eigenvalue weighted by Crippen LogP contribution is -2.35. The number of carbonyl (C=O) groups is 1. The molecule has 1 aromatic carbocycles. The van der Waals surface area contributed by atoms with Crippen molar-refractivity contribution in [2.75, 3.05) is 26.7 Å². The predicted octanol–water partition coefficient (Wildman–Crippen LogP) is 1.56. The zero-order valence-electron chi connectivity index (χ0n) is 14.7. The van der Waals surface area contributed by atoms with Crippen LogP contribution in [0.1, 0.15) is 35.4 Å². The van der Waals surface area contributed by atoms with Crippen molar-refractivity contribution in [1.82, 2.24) is 19.3 Å². The molecule has 1 aliphatic rings. The van der Waals surface area contributed by atoms with Gasteiger partial charge < -0.3 is 9.42 Å². The zero-order chi connectivity index (χ0) is 18.6. The summed E-state index contributed by atoms with van der Waals surface area (Å²) >= 11 is 0. The fourth-order valence-electron chi connectivity index (χ4n) is 2.94. The molecule has 2 heterocycles. The average Bonchev–Trinajstić information content (AvgIpc) is 3.20. The summed E-state index contributed by atoms with van der Waals surface area (Å²) in [5.74, 6) is 0.273. The molecule has 1 aliphatic heterocycles. The second-order valence-corrected chi connectivity index (χ2v) is 8.25. The minimum Gasteiger partial charge on any atom is -0.343 e. The molecule has 140 valence electrons. The maximum Gasteiger partial charge on any atom is 0.253 e. The van der Waals surface area contributed by atoms with Gasteiger partial charge in [-0.25, -0.2) is 8.42 Å². The molecule has 0 spiro atoms. The molecule has 9 heteroatoms. The number of nitrogens with zero attached hydrogens (tertiary/aromatic N) is 4. The number of sulfonamides is 1. The Hall–Kier alpha value is -2.26. The number of hydrogen-bond acceptors (Lipinski definition) is 6. The minimum atomic E-state index is -3.56. The highest BCUT2D eigenvalue weighted by molar-refractivity contribution is 7.89. The second-order valence-electron chi connectivity index (χ2n) is 6.32. The highest BCUT2D eigenvalue weighted by atomic mass is 32.2. The van der Waals surface area contributed by atoms with E-state index in [4.69, 9.17) is 0 Å². The van der Waals surface area contributed by atoms with Crippen LogP contribution in [0.25, 0.3) is 0 Å². The van der Waals surface area contributed by atoms with E-state index in [1.165, 1.54) is 21.7 Å². The Labute approximate surface area is 152 Å². The van der Waals surface area contributed by atoms with Crippen molar-refractivity contribution in [1.29, 1.82) is 0 Å². The molecule has 0 atom stereocenters. The van der Waals surface area contributed by atoms with E-state index >= 15 is 0 Å². The Kier molecular flexibility index (Phi) is 5.67. The Morgan fingerprint density at radius 1 is 1.27 bits per heavy atom. The van der Waals surface area contributed by atoms with Gasteiger partial charge in [0.2, 0.25) is 16.4 Å². The van der Waals surface area contributed by atoms with E-state index in [0.717, 1.165) is 19.3 Å². The van der Waals surface area contributed by atoms with Crippen molar-refractivity contribution in [3.8, 4) is 0 Å². The average molecular weight is 378 g/mol. The number of aromatic nitrogens is 2. The molecule has 1 fully saturated rings. The molecule has 0 bridgehead atoms. The van der Waals surface area contributed by atoms with Gasteiger partial charge in [-0.05, 0) is 31.0 Å². The van der Waals surface area contributed by atoms with Gasteiger partial charge in [0.15, 0.2) is 5.82 Å². The van der Waals surface area contributed by atoms with Gasteiger partial charge in [-0.3, -0.25) is 4.79 Å². The quantitative estimate of drug-likeness (QED) is 0.757. The van der Waals surface area contributed by atoms with Gasteiger partial charge in [-0.1, -0.05) is 17.6 Å². The Morgan fingerprint density at radius 2 is 2.04 bits per heavy atom. The molecular formula is C17H22N4O4S. The van der Waals surface area contributed by atoms with Gasteiger partial charge in [0, 0.05) is 38.7 Å². The van der Waals surface area contributed by atoms with Crippen LogP contribution in [-0.4, -0.2) is 60.4 Å². The predicted molar refractivity (Wildman–Crippen MR) is 94.0 cm³/mol.